The average Bonchev–Trinajstić information content (AvgIpc) is 2.83. The molecule has 0 bridgehead atoms. The largest absolute Gasteiger partial charge is 0.448 e. The van der Waals surface area contributed by atoms with Crippen molar-refractivity contribution < 1.29 is 14.3 Å². The fraction of sp³-hybridized carbons (Fsp3) is 0.125. The number of benzene rings is 2. The smallest absolute Gasteiger partial charge is 0.360 e. The Morgan fingerprint density at radius 1 is 1.03 bits per heavy atom. The van der Waals surface area contributed by atoms with E-state index in [9.17, 15) is 14.4 Å². The molecule has 1 atom stereocenters. The second kappa shape index (κ2) is 9.62. The molecular formula is C24H19ClN4O4. The van der Waals surface area contributed by atoms with Gasteiger partial charge in [0.2, 0.25) is 0 Å². The molecule has 1 unspecified atom stereocenters. The van der Waals surface area contributed by atoms with E-state index in [2.05, 4.69) is 15.4 Å². The molecule has 0 aliphatic carbocycles. The lowest BCUT2D eigenvalue weighted by atomic mass is 10.1. The van der Waals surface area contributed by atoms with Crippen molar-refractivity contribution in [3.05, 3.63) is 99.6 Å². The number of ether oxygens (including phenoxy) is 1. The van der Waals surface area contributed by atoms with Gasteiger partial charge in [-0.1, -0.05) is 60.1 Å². The summed E-state index contributed by atoms with van der Waals surface area (Å²) in [6, 6.07) is 19.1. The van der Waals surface area contributed by atoms with Crippen LogP contribution in [0, 0.1) is 0 Å². The molecule has 2 heterocycles. The van der Waals surface area contributed by atoms with Crippen molar-refractivity contribution in [2.75, 3.05) is 5.32 Å². The minimum atomic E-state index is -1.13. The molecule has 0 spiro atoms. The molecule has 4 aromatic rings. The number of rotatable bonds is 6. The molecule has 0 aliphatic rings. The predicted molar refractivity (Wildman–Crippen MR) is 124 cm³/mol. The maximum atomic E-state index is 13.0. The molecule has 9 heteroatoms. The zero-order valence-electron chi connectivity index (χ0n) is 17.6. The number of nitrogens with zero attached hydrogens (tertiary/aromatic N) is 3. The number of hydrogen-bond donors (Lipinski definition) is 1. The van der Waals surface area contributed by atoms with Crippen LogP contribution in [0.4, 0.5) is 5.82 Å². The molecule has 2 aromatic carbocycles. The molecule has 0 saturated heterocycles. The third-order valence-corrected chi connectivity index (χ3v) is 5.09. The second-order valence-electron chi connectivity index (χ2n) is 7.24. The molecule has 0 radical (unpaired) electrons. The monoisotopic (exact) mass is 462 g/mol. The quantitative estimate of drug-likeness (QED) is 0.438. The SMILES string of the molecule is CC(OC(=O)c1nn(Cc2ccccc2)c(=O)c2ccccc12)C(=O)Nc1ccc(Cl)cn1. The minimum absolute atomic E-state index is 0.0506. The van der Waals surface area contributed by atoms with Gasteiger partial charge in [0.05, 0.1) is 17.0 Å². The van der Waals surface area contributed by atoms with Crippen LogP contribution in [-0.4, -0.2) is 32.7 Å². The summed E-state index contributed by atoms with van der Waals surface area (Å²) >= 11 is 5.79. The summed E-state index contributed by atoms with van der Waals surface area (Å²) in [5.41, 5.74) is 0.473. The fourth-order valence-electron chi connectivity index (χ4n) is 3.20. The van der Waals surface area contributed by atoms with E-state index < -0.39 is 18.0 Å². The van der Waals surface area contributed by atoms with E-state index in [1.54, 1.807) is 30.3 Å². The van der Waals surface area contributed by atoms with Gasteiger partial charge in [-0.3, -0.25) is 9.59 Å². The number of amides is 1. The molecule has 33 heavy (non-hydrogen) atoms. The van der Waals surface area contributed by atoms with E-state index in [-0.39, 0.29) is 23.6 Å². The van der Waals surface area contributed by atoms with E-state index in [4.69, 9.17) is 16.3 Å². The number of halogens is 1. The number of aromatic nitrogens is 3. The molecule has 0 fully saturated rings. The Hall–Kier alpha value is -4.04. The molecule has 2 aromatic heterocycles. The van der Waals surface area contributed by atoms with Gasteiger partial charge in [0.25, 0.3) is 11.5 Å². The number of carbonyl (C=O) groups excluding carboxylic acids is 2. The van der Waals surface area contributed by atoms with Crippen LogP contribution >= 0.6 is 11.6 Å². The van der Waals surface area contributed by atoms with Gasteiger partial charge in [-0.05, 0) is 30.7 Å². The Balaban J connectivity index is 1.60. The highest BCUT2D eigenvalue weighted by Crippen LogP contribution is 2.16. The first-order chi connectivity index (χ1) is 15.9. The third kappa shape index (κ3) is 5.07. The first-order valence-electron chi connectivity index (χ1n) is 10.1. The summed E-state index contributed by atoms with van der Waals surface area (Å²) in [6.07, 6.45) is 0.255. The number of fused-ring (bicyclic) bond motifs is 1. The van der Waals surface area contributed by atoms with Gasteiger partial charge in [-0.15, -0.1) is 0 Å². The van der Waals surface area contributed by atoms with E-state index in [0.29, 0.717) is 15.8 Å². The average molecular weight is 463 g/mol. The summed E-state index contributed by atoms with van der Waals surface area (Å²) in [5, 5.41) is 7.94. The molecule has 1 amide bonds. The molecule has 0 aliphatic heterocycles. The van der Waals surface area contributed by atoms with Crippen molar-refractivity contribution in [3.63, 3.8) is 0 Å². The lowest BCUT2D eigenvalue weighted by Gasteiger charge is -2.15. The van der Waals surface area contributed by atoms with Crippen molar-refractivity contribution in [1.82, 2.24) is 14.8 Å². The van der Waals surface area contributed by atoms with Crippen molar-refractivity contribution in [1.29, 1.82) is 0 Å². The maximum Gasteiger partial charge on any atom is 0.360 e. The number of hydrogen-bond acceptors (Lipinski definition) is 6. The summed E-state index contributed by atoms with van der Waals surface area (Å²) in [4.78, 5) is 42.3. The predicted octanol–water partition coefficient (Wildman–Crippen LogP) is 3.68. The van der Waals surface area contributed by atoms with E-state index >= 15 is 0 Å². The van der Waals surface area contributed by atoms with Crippen molar-refractivity contribution in [2.45, 2.75) is 19.6 Å². The van der Waals surface area contributed by atoms with Crippen LogP contribution < -0.4 is 10.9 Å². The molecule has 1 N–H and O–H groups in total. The van der Waals surface area contributed by atoms with Gasteiger partial charge in [0.15, 0.2) is 11.8 Å². The Morgan fingerprint density at radius 2 is 1.73 bits per heavy atom. The van der Waals surface area contributed by atoms with E-state index in [1.807, 2.05) is 30.3 Å². The third-order valence-electron chi connectivity index (χ3n) is 4.87. The summed E-state index contributed by atoms with van der Waals surface area (Å²) in [5.74, 6) is -1.12. The van der Waals surface area contributed by atoms with Gasteiger partial charge in [0, 0.05) is 11.6 Å². The van der Waals surface area contributed by atoms with Crippen LogP contribution in [0.15, 0.2) is 77.7 Å². The first kappa shape index (κ1) is 22.2. The minimum Gasteiger partial charge on any atom is -0.448 e. The van der Waals surface area contributed by atoms with Crippen molar-refractivity contribution in [3.8, 4) is 0 Å². The molecule has 166 valence electrons. The normalized spacial score (nSPS) is 11.7. The molecule has 4 rings (SSSR count). The van der Waals surface area contributed by atoms with Gasteiger partial charge in [0.1, 0.15) is 5.82 Å². The fourth-order valence-corrected chi connectivity index (χ4v) is 3.31. The van der Waals surface area contributed by atoms with Crippen LogP contribution in [0.3, 0.4) is 0 Å². The highest BCUT2D eigenvalue weighted by atomic mass is 35.5. The van der Waals surface area contributed by atoms with Gasteiger partial charge in [-0.25, -0.2) is 14.5 Å². The lowest BCUT2D eigenvalue weighted by Crippen LogP contribution is -2.32. The van der Waals surface area contributed by atoms with E-state index in [1.165, 1.54) is 23.9 Å². The number of esters is 1. The number of pyridine rings is 1. The van der Waals surface area contributed by atoms with E-state index in [0.717, 1.165) is 5.56 Å². The topological polar surface area (TPSA) is 103 Å². The number of carbonyl (C=O) groups is 2. The number of anilines is 1. The lowest BCUT2D eigenvalue weighted by molar-refractivity contribution is -0.123. The summed E-state index contributed by atoms with van der Waals surface area (Å²) < 4.78 is 6.58. The molecular weight excluding hydrogens is 444 g/mol. The second-order valence-corrected chi connectivity index (χ2v) is 7.68. The van der Waals surface area contributed by atoms with Crippen LogP contribution in [0.25, 0.3) is 10.8 Å². The van der Waals surface area contributed by atoms with Crippen LogP contribution in [-0.2, 0) is 16.1 Å². The number of nitrogens with one attached hydrogen (secondary N) is 1. The zero-order chi connectivity index (χ0) is 23.4. The molecule has 0 saturated carbocycles. The van der Waals surface area contributed by atoms with Gasteiger partial charge >= 0.3 is 5.97 Å². The van der Waals surface area contributed by atoms with Crippen molar-refractivity contribution >= 4 is 40.1 Å². The Morgan fingerprint density at radius 3 is 2.42 bits per heavy atom. The highest BCUT2D eigenvalue weighted by molar-refractivity contribution is 6.30. The standard InChI is InChI=1S/C24H19ClN4O4/c1-15(22(30)27-20-12-11-17(25)13-26-20)33-24(32)21-18-9-5-6-10-19(18)23(31)29(28-21)14-16-7-3-2-4-8-16/h2-13,15H,14H2,1H3,(H,26,27,30). The zero-order valence-corrected chi connectivity index (χ0v) is 18.3. The Labute approximate surface area is 193 Å². The van der Waals surface area contributed by atoms with Gasteiger partial charge < -0.3 is 10.1 Å². The maximum absolute atomic E-state index is 13.0. The van der Waals surface area contributed by atoms with Crippen LogP contribution in [0.2, 0.25) is 5.02 Å². The Kier molecular flexibility index (Phi) is 6.46. The van der Waals surface area contributed by atoms with Crippen LogP contribution in [0.5, 0.6) is 0 Å². The summed E-state index contributed by atoms with van der Waals surface area (Å²) in [6.45, 7) is 1.62. The first-order valence-corrected chi connectivity index (χ1v) is 10.5. The molecule has 8 nitrogen and oxygen atoms in total. The Bertz CT molecular complexity index is 1370. The summed E-state index contributed by atoms with van der Waals surface area (Å²) in [7, 11) is 0. The van der Waals surface area contributed by atoms with Crippen molar-refractivity contribution in [2.24, 2.45) is 0 Å². The van der Waals surface area contributed by atoms with Gasteiger partial charge in [-0.2, -0.15) is 5.10 Å². The van der Waals surface area contributed by atoms with Crippen LogP contribution in [0.1, 0.15) is 23.0 Å². The highest BCUT2D eigenvalue weighted by Gasteiger charge is 2.23.